The largest absolute Gasteiger partial charge is 0.497 e. The Kier molecular flexibility index (Phi) is 6.75. The van der Waals surface area contributed by atoms with Crippen molar-refractivity contribution in [3.63, 3.8) is 0 Å². The molecule has 0 atom stereocenters. The van der Waals surface area contributed by atoms with Gasteiger partial charge in [-0.3, -0.25) is 9.59 Å². The predicted octanol–water partition coefficient (Wildman–Crippen LogP) is 2.67. The van der Waals surface area contributed by atoms with Gasteiger partial charge in [0.1, 0.15) is 16.5 Å². The number of anilines is 1. The summed E-state index contributed by atoms with van der Waals surface area (Å²) in [6.07, 6.45) is 0.244. The Labute approximate surface area is 171 Å². The van der Waals surface area contributed by atoms with Gasteiger partial charge in [0.05, 0.1) is 27.2 Å². The van der Waals surface area contributed by atoms with Crippen molar-refractivity contribution in [3.05, 3.63) is 64.1 Å². The molecule has 0 saturated carbocycles. The fourth-order valence-corrected chi connectivity index (χ4v) is 3.12. The fourth-order valence-electron chi connectivity index (χ4n) is 2.44. The summed E-state index contributed by atoms with van der Waals surface area (Å²) in [5, 5.41) is 14.2. The number of hydrogen-bond donors (Lipinski definition) is 2. The van der Waals surface area contributed by atoms with Crippen molar-refractivity contribution in [2.75, 3.05) is 19.5 Å². The van der Waals surface area contributed by atoms with Gasteiger partial charge in [-0.25, -0.2) is 0 Å². The number of nitrogens with one attached hydrogen (secondary N) is 2. The number of hydrogen-bond acceptors (Lipinski definition) is 7. The molecule has 0 fully saturated rings. The quantitative estimate of drug-likeness (QED) is 0.590. The van der Waals surface area contributed by atoms with Gasteiger partial charge < -0.3 is 20.1 Å². The van der Waals surface area contributed by atoms with Crippen LogP contribution >= 0.6 is 11.3 Å². The van der Waals surface area contributed by atoms with E-state index < -0.39 is 0 Å². The zero-order valence-electron chi connectivity index (χ0n) is 16.0. The molecule has 29 heavy (non-hydrogen) atoms. The van der Waals surface area contributed by atoms with Crippen molar-refractivity contribution >= 4 is 28.8 Å². The molecule has 3 aromatic rings. The van der Waals surface area contributed by atoms with E-state index in [1.54, 1.807) is 50.6 Å². The highest BCUT2D eigenvalue weighted by molar-refractivity contribution is 7.13. The second-order valence-electron chi connectivity index (χ2n) is 5.99. The molecule has 1 heterocycles. The molecule has 0 bridgehead atoms. The molecule has 0 aliphatic carbocycles. The lowest BCUT2D eigenvalue weighted by molar-refractivity contribution is -0.120. The van der Waals surface area contributed by atoms with Crippen LogP contribution in [0.1, 0.15) is 20.4 Å². The van der Waals surface area contributed by atoms with E-state index in [4.69, 9.17) is 9.47 Å². The number of aromatic nitrogens is 2. The minimum Gasteiger partial charge on any atom is -0.497 e. The first-order chi connectivity index (χ1) is 14.1. The van der Waals surface area contributed by atoms with Gasteiger partial charge in [-0.15, -0.1) is 10.2 Å². The van der Waals surface area contributed by atoms with Crippen LogP contribution in [-0.2, 0) is 17.8 Å². The maximum absolute atomic E-state index is 12.3. The van der Waals surface area contributed by atoms with Crippen molar-refractivity contribution in [1.82, 2.24) is 15.5 Å². The van der Waals surface area contributed by atoms with Crippen LogP contribution in [0, 0.1) is 0 Å². The third kappa shape index (κ3) is 5.76. The Balaban J connectivity index is 1.49. The number of amides is 2. The van der Waals surface area contributed by atoms with E-state index in [0.717, 1.165) is 22.6 Å². The summed E-state index contributed by atoms with van der Waals surface area (Å²) in [6, 6.07) is 14.3. The SMILES string of the molecule is COc1ccc(CC(=O)NCc2nnc(C(=O)Nc3ccc(OC)cc3)s2)cc1. The number of rotatable bonds is 8. The van der Waals surface area contributed by atoms with Crippen molar-refractivity contribution in [1.29, 1.82) is 0 Å². The Morgan fingerprint density at radius 1 is 0.931 bits per heavy atom. The molecule has 9 heteroatoms. The van der Waals surface area contributed by atoms with Crippen LogP contribution in [0.3, 0.4) is 0 Å². The summed E-state index contributed by atoms with van der Waals surface area (Å²) >= 11 is 1.13. The molecule has 0 aliphatic heterocycles. The van der Waals surface area contributed by atoms with Crippen LogP contribution in [0.4, 0.5) is 5.69 Å². The van der Waals surface area contributed by atoms with Crippen LogP contribution in [0.5, 0.6) is 11.5 Å². The Hall–Kier alpha value is -3.46. The molecule has 1 aromatic heterocycles. The molecule has 2 amide bonds. The minimum absolute atomic E-state index is 0.144. The Bertz CT molecular complexity index is 971. The number of methoxy groups -OCH3 is 2. The summed E-state index contributed by atoms with van der Waals surface area (Å²) in [5.41, 5.74) is 1.50. The smallest absolute Gasteiger partial charge is 0.286 e. The topological polar surface area (TPSA) is 102 Å². The van der Waals surface area contributed by atoms with Crippen LogP contribution in [-0.4, -0.2) is 36.2 Å². The van der Waals surface area contributed by atoms with Gasteiger partial charge >= 0.3 is 0 Å². The number of carbonyl (C=O) groups excluding carboxylic acids is 2. The molecule has 3 rings (SSSR count). The molecule has 2 N–H and O–H groups in total. The fraction of sp³-hybridized carbons (Fsp3) is 0.200. The summed E-state index contributed by atoms with van der Waals surface area (Å²) in [6.45, 7) is 0.211. The average molecular weight is 412 g/mol. The summed E-state index contributed by atoms with van der Waals surface area (Å²) in [5.74, 6) is 0.938. The average Bonchev–Trinajstić information content (AvgIpc) is 3.23. The third-order valence-electron chi connectivity index (χ3n) is 3.97. The lowest BCUT2D eigenvalue weighted by atomic mass is 10.1. The molecule has 0 spiro atoms. The van der Waals surface area contributed by atoms with Crippen LogP contribution < -0.4 is 20.1 Å². The van der Waals surface area contributed by atoms with Crippen LogP contribution in [0.2, 0.25) is 0 Å². The number of carbonyl (C=O) groups is 2. The number of nitrogens with zero attached hydrogens (tertiary/aromatic N) is 2. The molecular formula is C20H20N4O4S. The van der Waals surface area contributed by atoms with E-state index >= 15 is 0 Å². The predicted molar refractivity (Wildman–Crippen MR) is 109 cm³/mol. The van der Waals surface area contributed by atoms with Gasteiger partial charge in [0, 0.05) is 5.69 Å². The Morgan fingerprint density at radius 2 is 1.55 bits per heavy atom. The van der Waals surface area contributed by atoms with Crippen LogP contribution in [0.25, 0.3) is 0 Å². The maximum atomic E-state index is 12.3. The molecular weight excluding hydrogens is 392 g/mol. The van der Waals surface area contributed by atoms with Gasteiger partial charge in [0.2, 0.25) is 10.9 Å². The van der Waals surface area contributed by atoms with E-state index in [-0.39, 0.29) is 29.8 Å². The van der Waals surface area contributed by atoms with Crippen molar-refractivity contribution < 1.29 is 19.1 Å². The monoisotopic (exact) mass is 412 g/mol. The molecule has 0 aliphatic rings. The van der Waals surface area contributed by atoms with Crippen molar-refractivity contribution in [3.8, 4) is 11.5 Å². The summed E-state index contributed by atoms with van der Waals surface area (Å²) < 4.78 is 10.2. The standard InChI is InChI=1S/C20H20N4O4S/c1-27-15-7-3-13(4-8-15)11-17(25)21-12-18-23-24-20(29-18)19(26)22-14-5-9-16(28-2)10-6-14/h3-10H,11-12H2,1-2H3,(H,21,25)(H,22,26). The molecule has 150 valence electrons. The van der Waals surface area contributed by atoms with Gasteiger partial charge in [-0.05, 0) is 42.0 Å². The molecule has 0 unspecified atom stereocenters. The van der Waals surface area contributed by atoms with Gasteiger partial charge in [0.25, 0.3) is 5.91 Å². The van der Waals surface area contributed by atoms with Gasteiger partial charge in [-0.1, -0.05) is 23.5 Å². The van der Waals surface area contributed by atoms with Gasteiger partial charge in [0.15, 0.2) is 0 Å². The molecule has 2 aromatic carbocycles. The first-order valence-electron chi connectivity index (χ1n) is 8.75. The zero-order valence-corrected chi connectivity index (χ0v) is 16.8. The van der Waals surface area contributed by atoms with E-state index in [9.17, 15) is 9.59 Å². The number of ether oxygens (including phenoxy) is 2. The van der Waals surface area contributed by atoms with Crippen molar-refractivity contribution in [2.45, 2.75) is 13.0 Å². The normalized spacial score (nSPS) is 10.3. The highest BCUT2D eigenvalue weighted by Gasteiger charge is 2.14. The minimum atomic E-state index is -0.358. The summed E-state index contributed by atoms with van der Waals surface area (Å²) in [4.78, 5) is 24.4. The summed E-state index contributed by atoms with van der Waals surface area (Å²) in [7, 11) is 3.17. The molecule has 0 radical (unpaired) electrons. The zero-order chi connectivity index (χ0) is 20.6. The first-order valence-corrected chi connectivity index (χ1v) is 9.56. The lowest BCUT2D eigenvalue weighted by Crippen LogP contribution is -2.24. The second kappa shape index (κ2) is 9.65. The van der Waals surface area contributed by atoms with E-state index in [1.165, 1.54) is 0 Å². The lowest BCUT2D eigenvalue weighted by Gasteiger charge is -2.04. The van der Waals surface area contributed by atoms with E-state index in [1.807, 2.05) is 12.1 Å². The number of benzene rings is 2. The molecule has 0 saturated heterocycles. The first kappa shape index (κ1) is 20.3. The maximum Gasteiger partial charge on any atom is 0.286 e. The molecule has 8 nitrogen and oxygen atoms in total. The van der Waals surface area contributed by atoms with E-state index in [2.05, 4.69) is 20.8 Å². The highest BCUT2D eigenvalue weighted by atomic mass is 32.1. The van der Waals surface area contributed by atoms with Crippen molar-refractivity contribution in [2.24, 2.45) is 0 Å². The third-order valence-corrected chi connectivity index (χ3v) is 4.89. The van der Waals surface area contributed by atoms with Crippen LogP contribution in [0.15, 0.2) is 48.5 Å². The highest BCUT2D eigenvalue weighted by Crippen LogP contribution is 2.17. The van der Waals surface area contributed by atoms with Gasteiger partial charge in [-0.2, -0.15) is 0 Å². The second-order valence-corrected chi connectivity index (χ2v) is 7.05. The van der Waals surface area contributed by atoms with E-state index in [0.29, 0.717) is 16.4 Å². The Morgan fingerprint density at radius 3 is 2.17 bits per heavy atom.